The number of carbonyl (C=O) groups excluding carboxylic acids is 1. The summed E-state index contributed by atoms with van der Waals surface area (Å²) in [5, 5.41) is 3.25. The molecule has 0 saturated carbocycles. The minimum Gasteiger partial charge on any atom is -0.444 e. The van der Waals surface area contributed by atoms with E-state index in [1.807, 2.05) is 20.8 Å². The van der Waals surface area contributed by atoms with Gasteiger partial charge in [0.05, 0.1) is 0 Å². The van der Waals surface area contributed by atoms with Crippen molar-refractivity contribution in [1.29, 1.82) is 0 Å². The molecule has 0 radical (unpaired) electrons. The Bertz CT molecular complexity index is 504. The minimum atomic E-state index is -0.472. The molecule has 116 valence electrons. The van der Waals surface area contributed by atoms with Crippen molar-refractivity contribution in [2.75, 3.05) is 24.5 Å². The van der Waals surface area contributed by atoms with Crippen molar-refractivity contribution < 1.29 is 9.53 Å². The van der Waals surface area contributed by atoms with E-state index in [2.05, 4.69) is 20.2 Å². The first kappa shape index (κ1) is 15.8. The van der Waals surface area contributed by atoms with E-state index in [4.69, 9.17) is 16.3 Å². The van der Waals surface area contributed by atoms with Crippen LogP contribution in [0.4, 0.5) is 10.7 Å². The first-order valence-corrected chi connectivity index (χ1v) is 7.41. The number of carbonyl (C=O) groups is 1. The average Bonchev–Trinajstić information content (AvgIpc) is 2.83. The second kappa shape index (κ2) is 6.47. The number of anilines is 1. The van der Waals surface area contributed by atoms with Crippen LogP contribution in [0.2, 0.25) is 5.15 Å². The summed E-state index contributed by atoms with van der Waals surface area (Å²) in [6.07, 6.45) is 2.25. The minimum absolute atomic E-state index is 0.361. The lowest BCUT2D eigenvalue weighted by molar-refractivity contribution is 0.0520. The molecule has 0 unspecified atom stereocenters. The number of ether oxygens (including phenoxy) is 1. The van der Waals surface area contributed by atoms with E-state index in [1.54, 1.807) is 12.3 Å². The molecule has 1 N–H and O–H groups in total. The van der Waals surface area contributed by atoms with Crippen molar-refractivity contribution in [1.82, 2.24) is 15.3 Å². The second-order valence-electron chi connectivity index (χ2n) is 6.16. The second-order valence-corrected chi connectivity index (χ2v) is 6.55. The third-order valence-corrected chi connectivity index (χ3v) is 3.32. The van der Waals surface area contributed by atoms with Crippen LogP contribution in [0.25, 0.3) is 0 Å². The topological polar surface area (TPSA) is 67.3 Å². The first-order valence-electron chi connectivity index (χ1n) is 7.04. The number of halogens is 1. The summed E-state index contributed by atoms with van der Waals surface area (Å²) in [6, 6.07) is 1.66. The van der Waals surface area contributed by atoms with E-state index in [0.29, 0.717) is 23.6 Å². The fraction of sp³-hybridized carbons (Fsp3) is 0.643. The molecule has 0 spiro atoms. The Morgan fingerprint density at radius 2 is 2.33 bits per heavy atom. The molecule has 1 amide bonds. The highest BCUT2D eigenvalue weighted by molar-refractivity contribution is 6.29. The van der Waals surface area contributed by atoms with Crippen LogP contribution in [-0.2, 0) is 4.74 Å². The Morgan fingerprint density at radius 1 is 1.57 bits per heavy atom. The van der Waals surface area contributed by atoms with Gasteiger partial charge in [0.15, 0.2) is 0 Å². The van der Waals surface area contributed by atoms with Crippen LogP contribution in [-0.4, -0.2) is 41.3 Å². The maximum absolute atomic E-state index is 11.6. The van der Waals surface area contributed by atoms with E-state index in [0.717, 1.165) is 19.5 Å². The van der Waals surface area contributed by atoms with E-state index in [1.165, 1.54) is 0 Å². The normalized spacial score (nSPS) is 18.7. The number of hydrogen-bond acceptors (Lipinski definition) is 5. The molecule has 2 rings (SSSR count). The van der Waals surface area contributed by atoms with Gasteiger partial charge in [0, 0.05) is 25.8 Å². The van der Waals surface area contributed by atoms with Crippen molar-refractivity contribution in [3.8, 4) is 0 Å². The van der Waals surface area contributed by atoms with E-state index < -0.39 is 5.60 Å². The molecular weight excluding hydrogens is 292 g/mol. The lowest BCUT2D eigenvalue weighted by Gasteiger charge is -2.21. The maximum atomic E-state index is 11.6. The van der Waals surface area contributed by atoms with Crippen LogP contribution in [0.15, 0.2) is 12.3 Å². The Kier molecular flexibility index (Phi) is 4.88. The van der Waals surface area contributed by atoms with Gasteiger partial charge < -0.3 is 15.0 Å². The van der Waals surface area contributed by atoms with Gasteiger partial charge in [-0.05, 0) is 39.2 Å². The van der Waals surface area contributed by atoms with E-state index in [-0.39, 0.29) is 6.09 Å². The van der Waals surface area contributed by atoms with Crippen LogP contribution >= 0.6 is 11.6 Å². The summed E-state index contributed by atoms with van der Waals surface area (Å²) in [7, 11) is 0. The number of nitrogens with one attached hydrogen (secondary N) is 1. The van der Waals surface area contributed by atoms with Gasteiger partial charge in [0.2, 0.25) is 5.95 Å². The summed E-state index contributed by atoms with van der Waals surface area (Å²) in [5.41, 5.74) is -0.472. The molecule has 1 aliphatic rings. The van der Waals surface area contributed by atoms with Gasteiger partial charge >= 0.3 is 6.09 Å². The van der Waals surface area contributed by atoms with E-state index in [9.17, 15) is 4.79 Å². The number of alkyl carbamates (subject to hydrolysis) is 1. The molecule has 1 aromatic heterocycles. The zero-order chi connectivity index (χ0) is 15.5. The molecule has 1 fully saturated rings. The molecule has 1 saturated heterocycles. The van der Waals surface area contributed by atoms with Gasteiger partial charge in [0.1, 0.15) is 10.8 Å². The third-order valence-electron chi connectivity index (χ3n) is 3.11. The van der Waals surface area contributed by atoms with Crippen LogP contribution in [0.1, 0.15) is 27.2 Å². The smallest absolute Gasteiger partial charge is 0.407 e. The highest BCUT2D eigenvalue weighted by Gasteiger charge is 2.25. The number of amides is 1. The number of hydrogen-bond donors (Lipinski definition) is 1. The Hall–Kier alpha value is -1.56. The molecule has 0 aliphatic carbocycles. The number of rotatable bonds is 3. The van der Waals surface area contributed by atoms with Crippen molar-refractivity contribution in [2.45, 2.75) is 32.8 Å². The molecule has 0 bridgehead atoms. The van der Waals surface area contributed by atoms with Gasteiger partial charge in [0.25, 0.3) is 0 Å². The number of nitrogens with zero attached hydrogens (tertiary/aromatic N) is 3. The molecule has 21 heavy (non-hydrogen) atoms. The highest BCUT2D eigenvalue weighted by atomic mass is 35.5. The Balaban J connectivity index is 1.79. The largest absolute Gasteiger partial charge is 0.444 e. The van der Waals surface area contributed by atoms with Crippen molar-refractivity contribution >= 4 is 23.6 Å². The summed E-state index contributed by atoms with van der Waals surface area (Å²) in [6.45, 7) is 7.80. The maximum Gasteiger partial charge on any atom is 0.407 e. The SMILES string of the molecule is CC(C)(C)OC(=O)NC[C@@H]1CCN(c2nccc(Cl)n2)C1. The average molecular weight is 313 g/mol. The molecule has 0 aromatic carbocycles. The lowest BCUT2D eigenvalue weighted by atomic mass is 10.1. The van der Waals surface area contributed by atoms with Crippen LogP contribution < -0.4 is 10.2 Å². The predicted octanol–water partition coefficient (Wildman–Crippen LogP) is 2.48. The Morgan fingerprint density at radius 3 is 3.00 bits per heavy atom. The monoisotopic (exact) mass is 312 g/mol. The molecule has 1 aromatic rings. The van der Waals surface area contributed by atoms with Crippen LogP contribution in [0.3, 0.4) is 0 Å². The lowest BCUT2D eigenvalue weighted by Crippen LogP contribution is -2.36. The van der Waals surface area contributed by atoms with Crippen LogP contribution in [0, 0.1) is 5.92 Å². The zero-order valence-corrected chi connectivity index (χ0v) is 13.4. The molecular formula is C14H21ClN4O2. The number of aromatic nitrogens is 2. The quantitative estimate of drug-likeness (QED) is 0.869. The molecule has 1 atom stereocenters. The predicted molar refractivity (Wildman–Crippen MR) is 81.6 cm³/mol. The first-order chi connectivity index (χ1) is 9.83. The van der Waals surface area contributed by atoms with Gasteiger partial charge in [-0.25, -0.2) is 14.8 Å². The summed E-state index contributed by atoms with van der Waals surface area (Å²) in [4.78, 5) is 22.1. The van der Waals surface area contributed by atoms with Crippen molar-refractivity contribution in [2.24, 2.45) is 5.92 Å². The molecule has 2 heterocycles. The van der Waals surface area contributed by atoms with Gasteiger partial charge in [-0.1, -0.05) is 11.6 Å². The fourth-order valence-corrected chi connectivity index (χ4v) is 2.33. The third kappa shape index (κ3) is 5.04. The van der Waals surface area contributed by atoms with Crippen LogP contribution in [0.5, 0.6) is 0 Å². The summed E-state index contributed by atoms with van der Waals surface area (Å²) < 4.78 is 5.22. The fourth-order valence-electron chi connectivity index (χ4n) is 2.20. The van der Waals surface area contributed by atoms with Gasteiger partial charge in [-0.3, -0.25) is 0 Å². The molecule has 1 aliphatic heterocycles. The van der Waals surface area contributed by atoms with E-state index >= 15 is 0 Å². The van der Waals surface area contributed by atoms with Crippen molar-refractivity contribution in [3.05, 3.63) is 17.4 Å². The highest BCUT2D eigenvalue weighted by Crippen LogP contribution is 2.21. The van der Waals surface area contributed by atoms with Gasteiger partial charge in [-0.15, -0.1) is 0 Å². The standard InChI is InChI=1S/C14H21ClN4O2/c1-14(2,3)21-13(20)17-8-10-5-7-19(9-10)12-16-6-4-11(15)18-12/h4,6,10H,5,7-9H2,1-3H3,(H,17,20)/t10-/m0/s1. The summed E-state index contributed by atoms with van der Waals surface area (Å²) in [5.74, 6) is 1.00. The van der Waals surface area contributed by atoms with Crippen molar-refractivity contribution in [3.63, 3.8) is 0 Å². The summed E-state index contributed by atoms with van der Waals surface area (Å²) >= 11 is 5.87. The zero-order valence-electron chi connectivity index (χ0n) is 12.6. The Labute approximate surface area is 129 Å². The molecule has 7 heteroatoms. The molecule has 6 nitrogen and oxygen atoms in total. The van der Waals surface area contributed by atoms with Gasteiger partial charge in [-0.2, -0.15) is 0 Å².